The number of anilines is 1. The van der Waals surface area contributed by atoms with Gasteiger partial charge in [0.1, 0.15) is 5.82 Å². The van der Waals surface area contributed by atoms with Crippen LogP contribution in [0.3, 0.4) is 0 Å². The first-order valence-corrected chi connectivity index (χ1v) is 6.72. The monoisotopic (exact) mass is 340 g/mol. The Morgan fingerprint density at radius 2 is 1.87 bits per heavy atom. The highest BCUT2D eigenvalue weighted by Crippen LogP contribution is 2.22. The Kier molecular flexibility index (Phi) is 5.17. The van der Waals surface area contributed by atoms with Crippen LogP contribution in [0.5, 0.6) is 0 Å². The van der Waals surface area contributed by atoms with E-state index in [0.29, 0.717) is 0 Å². The van der Waals surface area contributed by atoms with Gasteiger partial charge in [0.2, 0.25) is 11.7 Å². The summed E-state index contributed by atoms with van der Waals surface area (Å²) in [5.74, 6) is -2.73. The van der Waals surface area contributed by atoms with Gasteiger partial charge < -0.3 is 10.2 Å². The minimum absolute atomic E-state index is 0.0931. The number of nitrogens with zero attached hydrogens (tertiary/aromatic N) is 3. The van der Waals surface area contributed by atoms with Crippen molar-refractivity contribution in [3.8, 4) is 0 Å². The van der Waals surface area contributed by atoms with Crippen molar-refractivity contribution < 1.29 is 18.4 Å². The average molecular weight is 341 g/mol. The van der Waals surface area contributed by atoms with Gasteiger partial charge in [-0.2, -0.15) is 0 Å². The molecule has 0 aliphatic heterocycles. The summed E-state index contributed by atoms with van der Waals surface area (Å²) in [5.41, 5.74) is 0.0931. The third kappa shape index (κ3) is 4.43. The van der Waals surface area contributed by atoms with Crippen molar-refractivity contribution in [2.45, 2.75) is 0 Å². The first-order valence-electron chi connectivity index (χ1n) is 6.34. The molecule has 120 valence electrons. The van der Waals surface area contributed by atoms with Gasteiger partial charge >= 0.3 is 0 Å². The number of likely N-dealkylation sites (N-methyl/N-ethyl adjacent to an activating group) is 1. The number of amides is 2. The number of hydrogen-bond donors (Lipinski definition) is 1. The molecule has 1 heterocycles. The highest BCUT2D eigenvalue weighted by Gasteiger charge is 2.18. The van der Waals surface area contributed by atoms with E-state index in [0.717, 1.165) is 29.4 Å². The first-order chi connectivity index (χ1) is 10.9. The van der Waals surface area contributed by atoms with E-state index in [1.54, 1.807) is 0 Å². The van der Waals surface area contributed by atoms with Crippen LogP contribution in [0.4, 0.5) is 14.5 Å². The SMILES string of the molecule is CN(CC(=O)Nc1cc(F)ccc1Cl)C(=O)c1ncc(F)cn1. The largest absolute Gasteiger partial charge is 0.330 e. The van der Waals surface area contributed by atoms with Gasteiger partial charge in [-0.25, -0.2) is 18.7 Å². The lowest BCUT2D eigenvalue weighted by Gasteiger charge is -2.16. The Balaban J connectivity index is 2.00. The maximum Gasteiger partial charge on any atom is 0.291 e. The topological polar surface area (TPSA) is 75.2 Å². The molecule has 0 aliphatic carbocycles. The molecule has 1 aromatic carbocycles. The van der Waals surface area contributed by atoms with E-state index in [1.165, 1.54) is 13.1 Å². The minimum Gasteiger partial charge on any atom is -0.330 e. The third-order valence-electron chi connectivity index (χ3n) is 2.74. The molecule has 0 spiro atoms. The first kappa shape index (κ1) is 16.8. The molecule has 0 saturated carbocycles. The van der Waals surface area contributed by atoms with Crippen molar-refractivity contribution in [3.63, 3.8) is 0 Å². The van der Waals surface area contributed by atoms with Gasteiger partial charge in [-0.1, -0.05) is 11.6 Å². The number of carbonyl (C=O) groups excluding carboxylic acids is 2. The summed E-state index contributed by atoms with van der Waals surface area (Å²) in [6.07, 6.45) is 1.70. The summed E-state index contributed by atoms with van der Waals surface area (Å²) < 4.78 is 25.8. The minimum atomic E-state index is -0.678. The van der Waals surface area contributed by atoms with E-state index in [-0.39, 0.29) is 23.1 Å². The Morgan fingerprint density at radius 1 is 1.22 bits per heavy atom. The maximum absolute atomic E-state index is 13.1. The molecular formula is C14H11ClF2N4O2. The Bertz CT molecular complexity index is 740. The number of carbonyl (C=O) groups is 2. The van der Waals surface area contributed by atoms with Crippen LogP contribution in [0.25, 0.3) is 0 Å². The van der Waals surface area contributed by atoms with Gasteiger partial charge in [-0.05, 0) is 18.2 Å². The molecule has 23 heavy (non-hydrogen) atoms. The van der Waals surface area contributed by atoms with Crippen LogP contribution in [0, 0.1) is 11.6 Å². The Hall–Kier alpha value is -2.61. The fourth-order valence-electron chi connectivity index (χ4n) is 1.66. The van der Waals surface area contributed by atoms with Crippen LogP contribution in [-0.2, 0) is 4.79 Å². The normalized spacial score (nSPS) is 10.3. The van der Waals surface area contributed by atoms with Crippen molar-refractivity contribution >= 4 is 29.1 Å². The predicted molar refractivity (Wildman–Crippen MR) is 79.0 cm³/mol. The van der Waals surface area contributed by atoms with Gasteiger partial charge in [0, 0.05) is 7.05 Å². The summed E-state index contributed by atoms with van der Waals surface area (Å²) >= 11 is 5.83. The van der Waals surface area contributed by atoms with E-state index >= 15 is 0 Å². The molecule has 0 unspecified atom stereocenters. The molecule has 0 saturated heterocycles. The number of halogens is 3. The standard InChI is InChI=1S/C14H11ClF2N4O2/c1-21(14(23)13-18-5-9(17)6-19-13)7-12(22)20-11-4-8(16)2-3-10(11)15/h2-6H,7H2,1H3,(H,20,22). The van der Waals surface area contributed by atoms with Crippen LogP contribution in [-0.4, -0.2) is 40.3 Å². The zero-order valence-corrected chi connectivity index (χ0v) is 12.6. The maximum atomic E-state index is 13.1. The number of rotatable bonds is 4. The summed E-state index contributed by atoms with van der Waals surface area (Å²) in [5, 5.41) is 2.55. The van der Waals surface area contributed by atoms with Crippen LogP contribution >= 0.6 is 11.6 Å². The lowest BCUT2D eigenvalue weighted by molar-refractivity contribution is -0.116. The molecule has 9 heteroatoms. The van der Waals surface area contributed by atoms with Crippen molar-refractivity contribution in [2.75, 3.05) is 18.9 Å². The third-order valence-corrected chi connectivity index (χ3v) is 3.07. The number of nitrogens with one attached hydrogen (secondary N) is 1. The van der Waals surface area contributed by atoms with Crippen LogP contribution < -0.4 is 5.32 Å². The zero-order valence-electron chi connectivity index (χ0n) is 11.9. The molecule has 0 radical (unpaired) electrons. The lowest BCUT2D eigenvalue weighted by Crippen LogP contribution is -2.35. The predicted octanol–water partition coefficient (Wildman–Crippen LogP) is 2.12. The van der Waals surface area contributed by atoms with Gasteiger partial charge in [0.15, 0.2) is 5.82 Å². The van der Waals surface area contributed by atoms with Crippen molar-refractivity contribution in [2.24, 2.45) is 0 Å². The lowest BCUT2D eigenvalue weighted by atomic mass is 10.3. The van der Waals surface area contributed by atoms with Gasteiger partial charge in [-0.3, -0.25) is 9.59 Å². The second-order valence-electron chi connectivity index (χ2n) is 4.56. The molecule has 1 N–H and O–H groups in total. The van der Waals surface area contributed by atoms with E-state index in [4.69, 9.17) is 11.6 Å². The molecule has 6 nitrogen and oxygen atoms in total. The van der Waals surface area contributed by atoms with E-state index in [9.17, 15) is 18.4 Å². The molecule has 2 rings (SSSR count). The molecule has 1 aromatic heterocycles. The Labute approximate surface area is 135 Å². The van der Waals surface area contributed by atoms with Gasteiger partial charge in [-0.15, -0.1) is 0 Å². The Morgan fingerprint density at radius 3 is 2.52 bits per heavy atom. The average Bonchev–Trinajstić information content (AvgIpc) is 2.51. The second kappa shape index (κ2) is 7.10. The number of benzene rings is 1. The van der Waals surface area contributed by atoms with Crippen molar-refractivity contribution in [3.05, 3.63) is 53.1 Å². The van der Waals surface area contributed by atoms with Gasteiger partial charge in [0.05, 0.1) is 29.6 Å². The van der Waals surface area contributed by atoms with Crippen LogP contribution in [0.15, 0.2) is 30.6 Å². The van der Waals surface area contributed by atoms with Crippen LogP contribution in [0.1, 0.15) is 10.6 Å². The number of aromatic nitrogens is 2. The fourth-order valence-corrected chi connectivity index (χ4v) is 1.83. The molecule has 0 atom stereocenters. The van der Waals surface area contributed by atoms with Gasteiger partial charge in [0.25, 0.3) is 5.91 Å². The molecule has 0 aliphatic rings. The summed E-state index contributed by atoms with van der Waals surface area (Å²) in [6, 6.07) is 3.51. The molecule has 2 amide bonds. The smallest absolute Gasteiger partial charge is 0.291 e. The van der Waals surface area contributed by atoms with Crippen molar-refractivity contribution in [1.29, 1.82) is 0 Å². The van der Waals surface area contributed by atoms with Crippen LogP contribution in [0.2, 0.25) is 5.02 Å². The highest BCUT2D eigenvalue weighted by molar-refractivity contribution is 6.33. The number of hydrogen-bond acceptors (Lipinski definition) is 4. The summed E-state index contributed by atoms with van der Waals surface area (Å²) in [4.78, 5) is 32.0. The quantitative estimate of drug-likeness (QED) is 0.925. The zero-order chi connectivity index (χ0) is 17.0. The van der Waals surface area contributed by atoms with E-state index in [1.807, 2.05) is 0 Å². The molecule has 0 bridgehead atoms. The second-order valence-corrected chi connectivity index (χ2v) is 4.97. The summed E-state index contributed by atoms with van der Waals surface area (Å²) in [7, 11) is 1.35. The highest BCUT2D eigenvalue weighted by atomic mass is 35.5. The molecular weight excluding hydrogens is 330 g/mol. The summed E-state index contributed by atoms with van der Waals surface area (Å²) in [6.45, 7) is -0.341. The van der Waals surface area contributed by atoms with E-state index in [2.05, 4.69) is 15.3 Å². The fraction of sp³-hybridized carbons (Fsp3) is 0.143. The van der Waals surface area contributed by atoms with Crippen molar-refractivity contribution in [1.82, 2.24) is 14.9 Å². The molecule has 0 fully saturated rings. The van der Waals surface area contributed by atoms with E-state index < -0.39 is 23.4 Å². The molecule has 2 aromatic rings.